The number of alkyl halides is 1. The van der Waals surface area contributed by atoms with Gasteiger partial charge in [-0.25, -0.2) is 4.98 Å². The molecule has 0 saturated heterocycles. The van der Waals surface area contributed by atoms with Gasteiger partial charge in [0.25, 0.3) is 0 Å². The third kappa shape index (κ3) is 2.41. The predicted molar refractivity (Wildman–Crippen MR) is 75.8 cm³/mol. The second kappa shape index (κ2) is 5.00. The monoisotopic (exact) mass is 279 g/mol. The van der Waals surface area contributed by atoms with Crippen molar-refractivity contribution in [3.05, 3.63) is 18.0 Å². The quantitative estimate of drug-likeness (QED) is 0.790. The van der Waals surface area contributed by atoms with Gasteiger partial charge in [0.2, 0.25) is 5.88 Å². The van der Waals surface area contributed by atoms with Gasteiger partial charge in [0, 0.05) is 24.9 Å². The average Bonchev–Trinajstić information content (AvgIpc) is 3.00. The van der Waals surface area contributed by atoms with Crippen LogP contribution in [0.15, 0.2) is 12.1 Å². The van der Waals surface area contributed by atoms with E-state index in [1.54, 1.807) is 7.11 Å². The van der Waals surface area contributed by atoms with E-state index in [1.807, 2.05) is 12.1 Å². The normalized spacial score (nSPS) is 21.8. The molecule has 0 aromatic carbocycles. The lowest BCUT2D eigenvalue weighted by molar-refractivity contribution is 0.398. The predicted octanol–water partition coefficient (Wildman–Crippen LogP) is 2.88. The Morgan fingerprint density at radius 3 is 2.84 bits per heavy atom. The van der Waals surface area contributed by atoms with Crippen LogP contribution in [0.1, 0.15) is 19.2 Å². The fourth-order valence-corrected chi connectivity index (χ4v) is 2.67. The van der Waals surface area contributed by atoms with Crippen LogP contribution in [0.4, 0.5) is 0 Å². The summed E-state index contributed by atoms with van der Waals surface area (Å²) in [7, 11) is 1.64. The highest BCUT2D eigenvalue weighted by molar-refractivity contribution is 6.17. The van der Waals surface area contributed by atoms with E-state index in [4.69, 9.17) is 16.3 Å². The third-order valence-electron chi connectivity index (χ3n) is 3.87. The molecule has 0 aliphatic heterocycles. The number of ether oxygens (including phenoxy) is 1. The van der Waals surface area contributed by atoms with Crippen molar-refractivity contribution in [1.82, 2.24) is 14.5 Å². The Balaban J connectivity index is 2.04. The van der Waals surface area contributed by atoms with Crippen LogP contribution in [0.25, 0.3) is 11.2 Å². The fourth-order valence-electron chi connectivity index (χ4n) is 2.50. The first-order valence-corrected chi connectivity index (χ1v) is 7.22. The Morgan fingerprint density at radius 2 is 2.21 bits per heavy atom. The lowest BCUT2D eigenvalue weighted by atomic mass is 10.3. The number of hydrogen-bond donors (Lipinski definition) is 0. The van der Waals surface area contributed by atoms with E-state index in [0.717, 1.165) is 41.8 Å². The molecule has 19 heavy (non-hydrogen) atoms. The maximum atomic E-state index is 5.88. The van der Waals surface area contributed by atoms with Gasteiger partial charge in [-0.3, -0.25) is 0 Å². The second-order valence-electron chi connectivity index (χ2n) is 5.25. The Hall–Kier alpha value is -1.29. The molecule has 1 aliphatic carbocycles. The highest BCUT2D eigenvalue weighted by Gasteiger charge is 2.33. The van der Waals surface area contributed by atoms with Crippen molar-refractivity contribution < 1.29 is 4.74 Å². The molecule has 3 rings (SSSR count). The Kier molecular flexibility index (Phi) is 3.35. The lowest BCUT2D eigenvalue weighted by Gasteiger charge is -2.07. The highest BCUT2D eigenvalue weighted by Crippen LogP contribution is 2.39. The fraction of sp³-hybridized carbons (Fsp3) is 0.571. The van der Waals surface area contributed by atoms with Crippen LogP contribution in [-0.4, -0.2) is 27.5 Å². The standard InChI is InChI=1S/C14H18ClN3O/c1-9-7-10(9)8-18-12(5-6-15)16-11-3-4-13(19-2)17-14(11)18/h3-4,9-10H,5-8H2,1-2H3. The maximum Gasteiger partial charge on any atom is 0.215 e. The molecule has 4 nitrogen and oxygen atoms in total. The smallest absolute Gasteiger partial charge is 0.215 e. The molecule has 1 aliphatic rings. The number of hydrogen-bond acceptors (Lipinski definition) is 3. The molecule has 0 bridgehead atoms. The minimum atomic E-state index is 0.584. The van der Waals surface area contributed by atoms with E-state index < -0.39 is 0 Å². The number of aromatic nitrogens is 3. The van der Waals surface area contributed by atoms with Crippen LogP contribution < -0.4 is 4.74 Å². The summed E-state index contributed by atoms with van der Waals surface area (Å²) >= 11 is 5.88. The molecule has 2 aromatic heterocycles. The molecule has 5 heteroatoms. The van der Waals surface area contributed by atoms with Crippen molar-refractivity contribution in [2.45, 2.75) is 26.3 Å². The lowest BCUT2D eigenvalue weighted by Crippen LogP contribution is -2.07. The molecule has 0 amide bonds. The number of aryl methyl sites for hydroxylation is 1. The van der Waals surface area contributed by atoms with E-state index >= 15 is 0 Å². The van der Waals surface area contributed by atoms with Crippen LogP contribution >= 0.6 is 11.6 Å². The Labute approximate surface area is 117 Å². The number of rotatable bonds is 5. The largest absolute Gasteiger partial charge is 0.481 e. The topological polar surface area (TPSA) is 39.9 Å². The number of fused-ring (bicyclic) bond motifs is 1. The number of nitrogens with zero attached hydrogens (tertiary/aromatic N) is 3. The molecule has 102 valence electrons. The zero-order valence-electron chi connectivity index (χ0n) is 11.3. The summed E-state index contributed by atoms with van der Waals surface area (Å²) < 4.78 is 7.43. The van der Waals surface area contributed by atoms with Crippen molar-refractivity contribution in [1.29, 1.82) is 0 Å². The molecule has 2 aromatic rings. The number of imidazole rings is 1. The van der Waals surface area contributed by atoms with Crippen molar-refractivity contribution in [3.8, 4) is 5.88 Å². The highest BCUT2D eigenvalue weighted by atomic mass is 35.5. The van der Waals surface area contributed by atoms with Gasteiger partial charge in [0.1, 0.15) is 11.3 Å². The van der Waals surface area contributed by atoms with Gasteiger partial charge in [-0.15, -0.1) is 11.6 Å². The van der Waals surface area contributed by atoms with E-state index in [1.165, 1.54) is 6.42 Å². The van der Waals surface area contributed by atoms with Gasteiger partial charge in [-0.2, -0.15) is 4.98 Å². The van der Waals surface area contributed by atoms with Crippen LogP contribution in [0.5, 0.6) is 5.88 Å². The van der Waals surface area contributed by atoms with E-state index in [9.17, 15) is 0 Å². The van der Waals surface area contributed by atoms with Gasteiger partial charge in [-0.05, 0) is 24.3 Å². The third-order valence-corrected chi connectivity index (χ3v) is 4.06. The number of halogens is 1. The molecule has 2 atom stereocenters. The summed E-state index contributed by atoms with van der Waals surface area (Å²) in [5.74, 6) is 3.81. The van der Waals surface area contributed by atoms with Gasteiger partial charge in [0.15, 0.2) is 5.65 Å². The molecular formula is C14H18ClN3O. The minimum Gasteiger partial charge on any atom is -0.481 e. The first kappa shape index (κ1) is 12.7. The van der Waals surface area contributed by atoms with Crippen LogP contribution in [0, 0.1) is 11.8 Å². The molecule has 1 fully saturated rings. The zero-order chi connectivity index (χ0) is 13.4. The first-order valence-electron chi connectivity index (χ1n) is 6.69. The molecule has 2 heterocycles. The SMILES string of the molecule is COc1ccc2nc(CCCl)n(CC3CC3C)c2n1. The van der Waals surface area contributed by atoms with Crippen molar-refractivity contribution in [2.75, 3.05) is 13.0 Å². The Morgan fingerprint density at radius 1 is 1.42 bits per heavy atom. The van der Waals surface area contributed by atoms with E-state index in [-0.39, 0.29) is 0 Å². The molecule has 0 radical (unpaired) electrons. The first-order chi connectivity index (χ1) is 9.22. The summed E-state index contributed by atoms with van der Waals surface area (Å²) in [5.41, 5.74) is 1.84. The molecule has 0 spiro atoms. The zero-order valence-corrected chi connectivity index (χ0v) is 12.0. The van der Waals surface area contributed by atoms with Crippen LogP contribution in [0.3, 0.4) is 0 Å². The molecule has 1 saturated carbocycles. The summed E-state index contributed by atoms with van der Waals surface area (Å²) in [6.45, 7) is 3.28. The van der Waals surface area contributed by atoms with E-state index in [0.29, 0.717) is 11.8 Å². The molecule has 0 N–H and O–H groups in total. The Bertz CT molecular complexity index is 596. The molecular weight excluding hydrogens is 262 g/mol. The summed E-state index contributed by atoms with van der Waals surface area (Å²) in [6, 6.07) is 3.82. The van der Waals surface area contributed by atoms with Gasteiger partial charge >= 0.3 is 0 Å². The van der Waals surface area contributed by atoms with Gasteiger partial charge in [-0.1, -0.05) is 6.92 Å². The van der Waals surface area contributed by atoms with Crippen molar-refractivity contribution in [2.24, 2.45) is 11.8 Å². The van der Waals surface area contributed by atoms with Gasteiger partial charge in [0.05, 0.1) is 7.11 Å². The number of methoxy groups -OCH3 is 1. The average molecular weight is 280 g/mol. The second-order valence-corrected chi connectivity index (χ2v) is 5.62. The minimum absolute atomic E-state index is 0.584. The number of pyridine rings is 1. The maximum absolute atomic E-state index is 5.88. The van der Waals surface area contributed by atoms with Crippen LogP contribution in [0.2, 0.25) is 0 Å². The summed E-state index contributed by atoms with van der Waals surface area (Å²) in [6.07, 6.45) is 2.07. The molecule has 2 unspecified atom stereocenters. The summed E-state index contributed by atoms with van der Waals surface area (Å²) in [5, 5.41) is 0. The van der Waals surface area contributed by atoms with Crippen molar-refractivity contribution >= 4 is 22.8 Å². The summed E-state index contributed by atoms with van der Waals surface area (Å²) in [4.78, 5) is 9.18. The van der Waals surface area contributed by atoms with E-state index in [2.05, 4.69) is 21.5 Å². The van der Waals surface area contributed by atoms with Crippen molar-refractivity contribution in [3.63, 3.8) is 0 Å². The van der Waals surface area contributed by atoms with Gasteiger partial charge < -0.3 is 9.30 Å². The van der Waals surface area contributed by atoms with Crippen LogP contribution in [-0.2, 0) is 13.0 Å².